The van der Waals surface area contributed by atoms with Crippen LogP contribution in [0.25, 0.3) is 5.53 Å². The highest BCUT2D eigenvalue weighted by Gasteiger charge is 2.30. The summed E-state index contributed by atoms with van der Waals surface area (Å²) in [7, 11) is -3.39. The van der Waals surface area contributed by atoms with E-state index in [2.05, 4.69) is 4.79 Å². The number of rotatable bonds is 1. The molecule has 0 aromatic rings. The van der Waals surface area contributed by atoms with E-state index < -0.39 is 14.6 Å². The second-order valence-corrected chi connectivity index (χ2v) is 5.40. The van der Waals surface area contributed by atoms with Crippen molar-refractivity contribution in [2.45, 2.75) is 25.5 Å². The van der Waals surface area contributed by atoms with Crippen LogP contribution in [0, 0.1) is 0 Å². The third-order valence-electron chi connectivity index (χ3n) is 1.04. The van der Waals surface area contributed by atoms with E-state index in [1.165, 1.54) is 20.8 Å². The van der Waals surface area contributed by atoms with E-state index in [0.717, 1.165) is 0 Å². The Bertz CT molecular complexity index is 254. The standard InChI is InChI=1S/C5H10N2O2S/c1-5(2,3)10(8,9)4-7-6/h4H,1-3H3. The van der Waals surface area contributed by atoms with Crippen LogP contribution in [-0.2, 0) is 9.84 Å². The van der Waals surface area contributed by atoms with Crippen LogP contribution in [0.4, 0.5) is 0 Å². The van der Waals surface area contributed by atoms with Gasteiger partial charge in [-0.1, -0.05) is 0 Å². The van der Waals surface area contributed by atoms with E-state index in [0.29, 0.717) is 5.55 Å². The molecule has 58 valence electrons. The van der Waals surface area contributed by atoms with Crippen LogP contribution in [0.3, 0.4) is 0 Å². The molecule has 4 nitrogen and oxygen atoms in total. The zero-order valence-electron chi connectivity index (χ0n) is 6.20. The third kappa shape index (κ3) is 1.93. The van der Waals surface area contributed by atoms with Gasteiger partial charge >= 0.3 is 5.55 Å². The Morgan fingerprint density at radius 1 is 1.40 bits per heavy atom. The Kier molecular flexibility index (Phi) is 2.35. The zero-order chi connectivity index (χ0) is 8.41. The summed E-state index contributed by atoms with van der Waals surface area (Å²) in [6, 6.07) is 0. The third-order valence-corrected chi connectivity index (χ3v) is 3.12. The molecule has 0 saturated carbocycles. The average Bonchev–Trinajstić information content (AvgIpc) is 1.61. The van der Waals surface area contributed by atoms with Gasteiger partial charge < -0.3 is 5.53 Å². The fourth-order valence-corrected chi connectivity index (χ4v) is 0.661. The maximum atomic E-state index is 10.9. The molecular formula is C5H10N2O2S. The molecule has 0 amide bonds. The normalized spacial score (nSPS) is 12.3. The van der Waals surface area contributed by atoms with Gasteiger partial charge in [0.15, 0.2) is 0 Å². The van der Waals surface area contributed by atoms with Gasteiger partial charge in [-0.2, -0.15) is 4.79 Å². The maximum Gasteiger partial charge on any atom is 0.370 e. The molecule has 0 aromatic heterocycles. The smallest absolute Gasteiger partial charge is 0.361 e. The zero-order valence-corrected chi connectivity index (χ0v) is 7.01. The fourth-order valence-electron chi connectivity index (χ4n) is 0.220. The van der Waals surface area contributed by atoms with Gasteiger partial charge in [-0.25, -0.2) is 8.42 Å². The highest BCUT2D eigenvalue weighted by molar-refractivity contribution is 8.05. The van der Waals surface area contributed by atoms with Crippen molar-refractivity contribution in [3.05, 3.63) is 5.53 Å². The molecule has 0 bridgehead atoms. The molecule has 0 unspecified atom stereocenters. The first-order valence-corrected chi connectivity index (χ1v) is 4.28. The summed E-state index contributed by atoms with van der Waals surface area (Å²) in [5, 5.41) is 0. The van der Waals surface area contributed by atoms with Crippen LogP contribution in [0.2, 0.25) is 0 Å². The molecule has 0 aliphatic rings. The Morgan fingerprint density at radius 3 is 1.90 bits per heavy atom. The predicted octanol–water partition coefficient (Wildman–Crippen LogP) is 0.458. The lowest BCUT2D eigenvalue weighted by Crippen LogP contribution is -2.28. The number of hydrogen-bond acceptors (Lipinski definition) is 2. The monoisotopic (exact) mass is 162 g/mol. The van der Waals surface area contributed by atoms with Crippen LogP contribution in [-0.4, -0.2) is 23.5 Å². The molecule has 10 heavy (non-hydrogen) atoms. The summed E-state index contributed by atoms with van der Waals surface area (Å²) >= 11 is 0. The molecule has 0 rings (SSSR count). The SMILES string of the molecule is CC(C)(C)S(=O)(=O)C=[N+]=[N-]. The Hall–Kier alpha value is -0.670. The summed E-state index contributed by atoms with van der Waals surface area (Å²) in [6.07, 6.45) is 0. The van der Waals surface area contributed by atoms with Crippen LogP contribution < -0.4 is 0 Å². The number of hydrogen-bond donors (Lipinski definition) is 0. The first-order valence-electron chi connectivity index (χ1n) is 2.73. The molecule has 0 N–H and O–H groups in total. The second-order valence-electron chi connectivity index (χ2n) is 2.88. The number of sulfone groups is 1. The molecule has 0 spiro atoms. The second kappa shape index (κ2) is 2.52. The largest absolute Gasteiger partial charge is 0.370 e. The van der Waals surface area contributed by atoms with Crippen molar-refractivity contribution in [1.82, 2.24) is 0 Å². The van der Waals surface area contributed by atoms with Gasteiger partial charge in [0.25, 0.3) is 9.84 Å². The molecule has 5 heteroatoms. The predicted molar refractivity (Wildman–Crippen MR) is 38.4 cm³/mol. The summed E-state index contributed by atoms with van der Waals surface area (Å²) < 4.78 is 21.0. The van der Waals surface area contributed by atoms with Gasteiger partial charge in [0.2, 0.25) is 0 Å². The van der Waals surface area contributed by atoms with E-state index in [1.807, 2.05) is 0 Å². The lowest BCUT2D eigenvalue weighted by molar-refractivity contribution is 0.00741. The van der Waals surface area contributed by atoms with E-state index in [1.54, 1.807) is 0 Å². The fraction of sp³-hybridized carbons (Fsp3) is 0.800. The van der Waals surface area contributed by atoms with Crippen molar-refractivity contribution in [2.24, 2.45) is 0 Å². The minimum Gasteiger partial charge on any atom is -0.361 e. The van der Waals surface area contributed by atoms with Crippen LogP contribution in [0.1, 0.15) is 20.8 Å². The molecule has 0 heterocycles. The van der Waals surface area contributed by atoms with Gasteiger partial charge in [-0.3, -0.25) is 0 Å². The van der Waals surface area contributed by atoms with Gasteiger partial charge in [0.1, 0.15) is 0 Å². The summed E-state index contributed by atoms with van der Waals surface area (Å²) in [6.45, 7) is 4.60. The molecule has 0 aliphatic carbocycles. The lowest BCUT2D eigenvalue weighted by atomic mass is 10.3. The molecule has 0 aliphatic heterocycles. The Balaban J connectivity index is 4.97. The molecule has 0 radical (unpaired) electrons. The van der Waals surface area contributed by atoms with Crippen molar-refractivity contribution in [3.8, 4) is 0 Å². The van der Waals surface area contributed by atoms with Crippen LogP contribution in [0.15, 0.2) is 0 Å². The van der Waals surface area contributed by atoms with E-state index >= 15 is 0 Å². The highest BCUT2D eigenvalue weighted by Crippen LogP contribution is 2.12. The summed E-state index contributed by atoms with van der Waals surface area (Å²) in [4.78, 5) is 2.46. The van der Waals surface area contributed by atoms with Gasteiger partial charge in [0, 0.05) is 0 Å². The Labute approximate surface area is 60.4 Å². The maximum absolute atomic E-state index is 10.9. The molecule has 0 saturated heterocycles. The van der Waals surface area contributed by atoms with Crippen molar-refractivity contribution in [3.63, 3.8) is 0 Å². The minimum atomic E-state index is -3.39. The van der Waals surface area contributed by atoms with E-state index in [-0.39, 0.29) is 0 Å². The van der Waals surface area contributed by atoms with Crippen LogP contribution >= 0.6 is 0 Å². The Morgan fingerprint density at radius 2 is 1.80 bits per heavy atom. The van der Waals surface area contributed by atoms with E-state index in [9.17, 15) is 8.42 Å². The van der Waals surface area contributed by atoms with Crippen molar-refractivity contribution in [1.29, 1.82) is 0 Å². The van der Waals surface area contributed by atoms with Gasteiger partial charge in [-0.05, 0) is 20.8 Å². The molecule has 0 aromatic carbocycles. The van der Waals surface area contributed by atoms with Crippen molar-refractivity contribution >= 4 is 15.4 Å². The first kappa shape index (κ1) is 9.33. The van der Waals surface area contributed by atoms with Crippen molar-refractivity contribution < 1.29 is 13.2 Å². The quantitative estimate of drug-likeness (QED) is 0.243. The lowest BCUT2D eigenvalue weighted by Gasteiger charge is -2.11. The molecular weight excluding hydrogens is 152 g/mol. The minimum absolute atomic E-state index is 0.549. The highest BCUT2D eigenvalue weighted by atomic mass is 32.2. The van der Waals surface area contributed by atoms with Gasteiger partial charge in [-0.15, -0.1) is 0 Å². The molecule has 0 atom stereocenters. The van der Waals surface area contributed by atoms with Crippen LogP contribution in [0.5, 0.6) is 0 Å². The van der Waals surface area contributed by atoms with Gasteiger partial charge in [0.05, 0.1) is 4.75 Å². The first-order chi connectivity index (χ1) is 4.31. The van der Waals surface area contributed by atoms with Crippen molar-refractivity contribution in [2.75, 3.05) is 0 Å². The summed E-state index contributed by atoms with van der Waals surface area (Å²) in [5.41, 5.74) is 8.50. The number of nitrogens with zero attached hydrogens (tertiary/aromatic N) is 2. The average molecular weight is 162 g/mol. The van der Waals surface area contributed by atoms with E-state index in [4.69, 9.17) is 5.53 Å². The topological polar surface area (TPSA) is 70.5 Å². The molecule has 0 fully saturated rings. The summed E-state index contributed by atoms with van der Waals surface area (Å²) in [5.74, 6) is 0.